The van der Waals surface area contributed by atoms with Crippen molar-refractivity contribution in [2.45, 2.75) is 38.1 Å². The summed E-state index contributed by atoms with van der Waals surface area (Å²) in [5.74, 6) is -0.491. The minimum absolute atomic E-state index is 0.0673. The van der Waals surface area contributed by atoms with Crippen LogP contribution in [0.1, 0.15) is 52.8 Å². The Bertz CT molecular complexity index is 890. The lowest BCUT2D eigenvalue weighted by Crippen LogP contribution is -2.36. The van der Waals surface area contributed by atoms with Crippen LogP contribution >= 0.6 is 0 Å². The highest BCUT2D eigenvalue weighted by Crippen LogP contribution is 2.18. The first-order valence-corrected chi connectivity index (χ1v) is 10.3. The van der Waals surface area contributed by atoms with Gasteiger partial charge in [0.15, 0.2) is 0 Å². The van der Waals surface area contributed by atoms with Gasteiger partial charge in [-0.05, 0) is 55.3 Å². The van der Waals surface area contributed by atoms with Crippen LogP contribution in [0.25, 0.3) is 0 Å². The van der Waals surface area contributed by atoms with Crippen molar-refractivity contribution in [2.24, 2.45) is 0 Å². The van der Waals surface area contributed by atoms with Crippen molar-refractivity contribution in [1.29, 1.82) is 0 Å². The lowest BCUT2D eigenvalue weighted by atomic mass is 9.95. The van der Waals surface area contributed by atoms with E-state index in [1.807, 2.05) is 0 Å². The summed E-state index contributed by atoms with van der Waals surface area (Å²) in [7, 11) is 1.58. The molecule has 0 aromatic heterocycles. The van der Waals surface area contributed by atoms with Crippen LogP contribution in [0.4, 0.5) is 11.4 Å². The van der Waals surface area contributed by atoms with Gasteiger partial charge < -0.3 is 21.3 Å². The van der Waals surface area contributed by atoms with E-state index < -0.39 is 0 Å². The Morgan fingerprint density at radius 1 is 0.867 bits per heavy atom. The fourth-order valence-corrected chi connectivity index (χ4v) is 3.53. The topological polar surface area (TPSA) is 99.3 Å². The molecule has 7 heteroatoms. The molecule has 1 fully saturated rings. The smallest absolute Gasteiger partial charge is 0.251 e. The van der Waals surface area contributed by atoms with Gasteiger partial charge in [-0.1, -0.05) is 25.3 Å². The maximum atomic E-state index is 12.5. The van der Waals surface area contributed by atoms with Crippen LogP contribution < -0.4 is 21.3 Å². The van der Waals surface area contributed by atoms with E-state index in [1.165, 1.54) is 6.42 Å². The molecule has 0 heterocycles. The molecule has 30 heavy (non-hydrogen) atoms. The zero-order valence-corrected chi connectivity index (χ0v) is 17.2. The number of hydrogen-bond donors (Lipinski definition) is 4. The number of nitrogens with one attached hydrogen (secondary N) is 4. The van der Waals surface area contributed by atoms with E-state index in [4.69, 9.17) is 0 Å². The summed E-state index contributed by atoms with van der Waals surface area (Å²) < 4.78 is 0. The van der Waals surface area contributed by atoms with Crippen LogP contribution in [-0.4, -0.2) is 37.4 Å². The molecular weight excluding hydrogens is 380 g/mol. The van der Waals surface area contributed by atoms with Crippen molar-refractivity contribution >= 4 is 29.1 Å². The van der Waals surface area contributed by atoms with Crippen LogP contribution in [0.3, 0.4) is 0 Å². The van der Waals surface area contributed by atoms with E-state index in [0.29, 0.717) is 16.8 Å². The molecule has 0 unspecified atom stereocenters. The van der Waals surface area contributed by atoms with E-state index in [9.17, 15) is 14.4 Å². The molecule has 4 N–H and O–H groups in total. The Kier molecular flexibility index (Phi) is 7.43. The molecule has 3 rings (SSSR count). The maximum absolute atomic E-state index is 12.5. The molecule has 1 aliphatic rings. The molecule has 0 saturated heterocycles. The third kappa shape index (κ3) is 6.07. The predicted molar refractivity (Wildman–Crippen MR) is 118 cm³/mol. The van der Waals surface area contributed by atoms with Gasteiger partial charge in [0.1, 0.15) is 0 Å². The molecule has 0 spiro atoms. The van der Waals surface area contributed by atoms with Gasteiger partial charge in [0.25, 0.3) is 11.8 Å². The molecule has 2 aromatic rings. The number of carbonyl (C=O) groups is 3. The predicted octanol–water partition coefficient (Wildman–Crippen LogP) is 3.16. The third-order valence-corrected chi connectivity index (χ3v) is 5.18. The molecule has 0 atom stereocenters. The Labute approximate surface area is 176 Å². The second-order valence-electron chi connectivity index (χ2n) is 7.45. The average molecular weight is 409 g/mol. The fourth-order valence-electron chi connectivity index (χ4n) is 3.53. The molecule has 3 amide bonds. The first-order chi connectivity index (χ1) is 14.5. The first kappa shape index (κ1) is 21.4. The fraction of sp³-hybridized carbons (Fsp3) is 0.348. The maximum Gasteiger partial charge on any atom is 0.251 e. The third-order valence-electron chi connectivity index (χ3n) is 5.18. The number of anilines is 2. The summed E-state index contributed by atoms with van der Waals surface area (Å²) in [6, 6.07) is 14.1. The zero-order chi connectivity index (χ0) is 21.3. The van der Waals surface area contributed by atoms with Gasteiger partial charge in [-0.15, -0.1) is 0 Å². The summed E-state index contributed by atoms with van der Waals surface area (Å²) >= 11 is 0. The van der Waals surface area contributed by atoms with Crippen molar-refractivity contribution in [2.75, 3.05) is 24.2 Å². The molecule has 0 bridgehead atoms. The highest BCUT2D eigenvalue weighted by Gasteiger charge is 2.17. The summed E-state index contributed by atoms with van der Waals surface area (Å²) in [6.07, 6.45) is 5.60. The Morgan fingerprint density at radius 2 is 1.60 bits per heavy atom. The lowest BCUT2D eigenvalue weighted by molar-refractivity contribution is -0.114. The van der Waals surface area contributed by atoms with E-state index in [-0.39, 0.29) is 30.3 Å². The number of benzene rings is 2. The van der Waals surface area contributed by atoms with Gasteiger partial charge in [0, 0.05) is 35.6 Å². The quantitative estimate of drug-likeness (QED) is 0.565. The van der Waals surface area contributed by atoms with Crippen molar-refractivity contribution in [3.63, 3.8) is 0 Å². The molecule has 1 saturated carbocycles. The molecule has 0 aliphatic heterocycles. The lowest BCUT2D eigenvalue weighted by Gasteiger charge is -2.22. The van der Waals surface area contributed by atoms with Crippen molar-refractivity contribution in [1.82, 2.24) is 10.6 Å². The largest absolute Gasteiger partial charge is 0.376 e. The first-order valence-electron chi connectivity index (χ1n) is 10.3. The SMILES string of the molecule is CNC(=O)c1ccc(NCC(=O)Nc2cccc(C(=O)NC3CCCCC3)c2)cc1. The van der Waals surface area contributed by atoms with Crippen LogP contribution in [0, 0.1) is 0 Å². The number of carbonyl (C=O) groups excluding carboxylic acids is 3. The Hall–Kier alpha value is -3.35. The second-order valence-corrected chi connectivity index (χ2v) is 7.45. The van der Waals surface area contributed by atoms with Gasteiger partial charge in [-0.2, -0.15) is 0 Å². The molecular formula is C23H28N4O3. The van der Waals surface area contributed by atoms with Crippen molar-refractivity contribution < 1.29 is 14.4 Å². The zero-order valence-electron chi connectivity index (χ0n) is 17.2. The molecule has 2 aromatic carbocycles. The van der Waals surface area contributed by atoms with Crippen LogP contribution in [0.2, 0.25) is 0 Å². The molecule has 1 aliphatic carbocycles. The van der Waals surface area contributed by atoms with Crippen molar-refractivity contribution in [3.05, 3.63) is 59.7 Å². The summed E-state index contributed by atoms with van der Waals surface area (Å²) in [5, 5.41) is 11.5. The number of amides is 3. The van der Waals surface area contributed by atoms with Gasteiger partial charge in [-0.25, -0.2) is 0 Å². The molecule has 0 radical (unpaired) electrons. The van der Waals surface area contributed by atoms with Gasteiger partial charge in [0.05, 0.1) is 6.54 Å². The second kappa shape index (κ2) is 10.4. The summed E-state index contributed by atoms with van der Waals surface area (Å²) in [5.41, 5.74) is 2.40. The molecule has 158 valence electrons. The number of hydrogen-bond acceptors (Lipinski definition) is 4. The molecule has 7 nitrogen and oxygen atoms in total. The normalized spacial score (nSPS) is 13.9. The van der Waals surface area contributed by atoms with E-state index in [2.05, 4.69) is 21.3 Å². The Morgan fingerprint density at radius 3 is 2.30 bits per heavy atom. The summed E-state index contributed by atoms with van der Waals surface area (Å²) in [6.45, 7) is 0.0673. The van der Waals surface area contributed by atoms with Crippen molar-refractivity contribution in [3.8, 4) is 0 Å². The highest BCUT2D eigenvalue weighted by atomic mass is 16.2. The summed E-state index contributed by atoms with van der Waals surface area (Å²) in [4.78, 5) is 36.3. The van der Waals surface area contributed by atoms with Gasteiger partial charge in [-0.3, -0.25) is 14.4 Å². The van der Waals surface area contributed by atoms with Gasteiger partial charge in [0.2, 0.25) is 5.91 Å². The standard InChI is InChI=1S/C23H28N4O3/c1-24-22(29)16-10-12-18(13-11-16)25-15-21(28)26-20-9-5-6-17(14-20)23(30)27-19-7-3-2-4-8-19/h5-6,9-14,19,25H,2-4,7-8,15H2,1H3,(H,24,29)(H,26,28)(H,27,30). The van der Waals surface area contributed by atoms with Crippen LogP contribution in [0.5, 0.6) is 0 Å². The van der Waals surface area contributed by atoms with Crippen LogP contribution in [-0.2, 0) is 4.79 Å². The van der Waals surface area contributed by atoms with Gasteiger partial charge >= 0.3 is 0 Å². The van der Waals surface area contributed by atoms with E-state index in [0.717, 1.165) is 31.4 Å². The number of rotatable bonds is 7. The minimum Gasteiger partial charge on any atom is -0.376 e. The monoisotopic (exact) mass is 408 g/mol. The average Bonchev–Trinajstić information content (AvgIpc) is 2.78. The minimum atomic E-state index is -0.227. The van der Waals surface area contributed by atoms with Crippen LogP contribution in [0.15, 0.2) is 48.5 Å². The highest BCUT2D eigenvalue weighted by molar-refractivity contribution is 5.98. The van der Waals surface area contributed by atoms with E-state index in [1.54, 1.807) is 55.6 Å². The van der Waals surface area contributed by atoms with E-state index >= 15 is 0 Å². The Balaban J connectivity index is 1.50.